The number of pyridine rings is 1. The molecule has 2 nitrogen and oxygen atoms in total. The third-order valence-corrected chi connectivity index (χ3v) is 3.03. The van der Waals surface area contributed by atoms with E-state index in [-0.39, 0.29) is 0 Å². The summed E-state index contributed by atoms with van der Waals surface area (Å²) in [4.78, 5) is 0. The van der Waals surface area contributed by atoms with Gasteiger partial charge in [0.25, 0.3) is 0 Å². The number of halogens is 1. The molecule has 3 aromatic rings. The van der Waals surface area contributed by atoms with Crippen LogP contribution in [0.2, 0.25) is 0 Å². The Morgan fingerprint density at radius 1 is 1.14 bits per heavy atom. The van der Waals surface area contributed by atoms with Crippen LogP contribution in [0.4, 0.5) is 0 Å². The van der Waals surface area contributed by atoms with Gasteiger partial charge in [-0.25, -0.2) is 4.52 Å². The normalized spacial score (nSPS) is 11.2. The molecule has 0 bridgehead atoms. The van der Waals surface area contributed by atoms with Gasteiger partial charge >= 0.3 is 0 Å². The molecule has 0 amide bonds. The Balaban J connectivity index is 2.67. The largest absolute Gasteiger partial charge is 0.240 e. The van der Waals surface area contributed by atoms with Crippen molar-refractivity contribution < 1.29 is 0 Å². The molecule has 0 fully saturated rings. The lowest BCUT2D eigenvalue weighted by molar-refractivity contribution is 0.967. The molecule has 0 unspecified atom stereocenters. The molecule has 1 aromatic carbocycles. The van der Waals surface area contributed by atoms with E-state index in [0.717, 1.165) is 9.99 Å². The summed E-state index contributed by atoms with van der Waals surface area (Å²) in [5, 5.41) is 6.65. The SMILES string of the molecule is Brc1cccc2ccn3nccc3c12. The summed E-state index contributed by atoms with van der Waals surface area (Å²) in [7, 11) is 0. The first-order valence-corrected chi connectivity index (χ1v) is 5.16. The number of nitrogens with zero attached hydrogens (tertiary/aromatic N) is 2. The van der Waals surface area contributed by atoms with Crippen molar-refractivity contribution in [1.29, 1.82) is 0 Å². The standard InChI is InChI=1S/C11H7BrN2/c12-9-3-1-2-8-5-7-14-10(11(8)9)4-6-13-14/h1-7H. The van der Waals surface area contributed by atoms with Crippen LogP contribution in [-0.2, 0) is 0 Å². The van der Waals surface area contributed by atoms with Crippen molar-refractivity contribution in [2.24, 2.45) is 0 Å². The zero-order valence-corrected chi connectivity index (χ0v) is 8.90. The van der Waals surface area contributed by atoms with Crippen LogP contribution >= 0.6 is 15.9 Å². The summed E-state index contributed by atoms with van der Waals surface area (Å²) in [5.74, 6) is 0. The van der Waals surface area contributed by atoms with Gasteiger partial charge in [0.1, 0.15) is 0 Å². The lowest BCUT2D eigenvalue weighted by atomic mass is 10.1. The van der Waals surface area contributed by atoms with E-state index in [1.54, 1.807) is 0 Å². The van der Waals surface area contributed by atoms with Gasteiger partial charge < -0.3 is 0 Å². The summed E-state index contributed by atoms with van der Waals surface area (Å²) in [6.45, 7) is 0. The lowest BCUT2D eigenvalue weighted by Crippen LogP contribution is -1.86. The van der Waals surface area contributed by atoms with Crippen molar-refractivity contribution in [2.45, 2.75) is 0 Å². The van der Waals surface area contributed by atoms with Crippen molar-refractivity contribution in [2.75, 3.05) is 0 Å². The summed E-state index contributed by atoms with van der Waals surface area (Å²) < 4.78 is 2.99. The van der Waals surface area contributed by atoms with E-state index in [0.29, 0.717) is 0 Å². The first-order chi connectivity index (χ1) is 6.86. The molecule has 68 valence electrons. The Bertz CT molecular complexity index is 613. The minimum absolute atomic E-state index is 1.11. The minimum atomic E-state index is 1.11. The van der Waals surface area contributed by atoms with Crippen molar-refractivity contribution in [3.63, 3.8) is 0 Å². The highest BCUT2D eigenvalue weighted by Gasteiger charge is 2.03. The number of fused-ring (bicyclic) bond motifs is 3. The first kappa shape index (κ1) is 8.00. The maximum atomic E-state index is 4.21. The Morgan fingerprint density at radius 3 is 3.00 bits per heavy atom. The molecule has 0 atom stereocenters. The Kier molecular flexibility index (Phi) is 1.61. The molecule has 0 spiro atoms. The van der Waals surface area contributed by atoms with Crippen molar-refractivity contribution in [1.82, 2.24) is 9.61 Å². The number of rotatable bonds is 0. The fourth-order valence-corrected chi connectivity index (χ4v) is 2.32. The second-order valence-electron chi connectivity index (χ2n) is 3.18. The summed E-state index contributed by atoms with van der Waals surface area (Å²) >= 11 is 3.56. The zero-order valence-electron chi connectivity index (χ0n) is 7.31. The predicted octanol–water partition coefficient (Wildman–Crippen LogP) is 3.25. The monoisotopic (exact) mass is 246 g/mol. The van der Waals surface area contributed by atoms with Gasteiger partial charge in [-0.15, -0.1) is 0 Å². The molecule has 0 N–H and O–H groups in total. The molecule has 0 aliphatic heterocycles. The molecule has 3 rings (SSSR count). The molecule has 0 saturated heterocycles. The third kappa shape index (κ3) is 0.990. The van der Waals surface area contributed by atoms with Crippen molar-refractivity contribution in [3.05, 3.63) is 47.2 Å². The van der Waals surface area contributed by atoms with Gasteiger partial charge in [-0.05, 0) is 23.6 Å². The summed E-state index contributed by atoms with van der Waals surface area (Å²) in [5.41, 5.74) is 1.13. The van der Waals surface area contributed by atoms with Crippen LogP contribution in [0.5, 0.6) is 0 Å². The van der Waals surface area contributed by atoms with Crippen LogP contribution in [0, 0.1) is 0 Å². The van der Waals surface area contributed by atoms with Gasteiger partial charge in [0, 0.05) is 16.1 Å². The second kappa shape index (κ2) is 2.82. The van der Waals surface area contributed by atoms with Crippen LogP contribution < -0.4 is 0 Å². The zero-order chi connectivity index (χ0) is 9.54. The minimum Gasteiger partial charge on any atom is -0.240 e. The Hall–Kier alpha value is -1.35. The van der Waals surface area contributed by atoms with E-state index in [9.17, 15) is 0 Å². The van der Waals surface area contributed by atoms with E-state index < -0.39 is 0 Å². The highest BCUT2D eigenvalue weighted by Crippen LogP contribution is 2.27. The van der Waals surface area contributed by atoms with E-state index in [4.69, 9.17) is 0 Å². The van der Waals surface area contributed by atoms with E-state index >= 15 is 0 Å². The molecule has 0 radical (unpaired) electrons. The molecular weight excluding hydrogens is 240 g/mol. The number of benzene rings is 1. The van der Waals surface area contributed by atoms with Crippen LogP contribution in [0.1, 0.15) is 0 Å². The van der Waals surface area contributed by atoms with E-state index in [1.165, 1.54) is 10.8 Å². The van der Waals surface area contributed by atoms with Crippen LogP contribution in [-0.4, -0.2) is 9.61 Å². The van der Waals surface area contributed by atoms with Crippen molar-refractivity contribution in [3.8, 4) is 0 Å². The molecule has 0 saturated carbocycles. The summed E-state index contributed by atoms with van der Waals surface area (Å²) in [6.07, 6.45) is 3.79. The van der Waals surface area contributed by atoms with Gasteiger partial charge in [-0.2, -0.15) is 5.10 Å². The number of hydrogen-bond donors (Lipinski definition) is 0. The van der Waals surface area contributed by atoms with Crippen LogP contribution in [0.3, 0.4) is 0 Å². The first-order valence-electron chi connectivity index (χ1n) is 4.37. The molecule has 14 heavy (non-hydrogen) atoms. The van der Waals surface area contributed by atoms with Crippen LogP contribution in [0.15, 0.2) is 47.2 Å². The smallest absolute Gasteiger partial charge is 0.0751 e. The van der Waals surface area contributed by atoms with Gasteiger partial charge in [0.2, 0.25) is 0 Å². The Morgan fingerprint density at radius 2 is 2.07 bits per heavy atom. The molecule has 0 aliphatic rings. The highest BCUT2D eigenvalue weighted by molar-refractivity contribution is 9.10. The van der Waals surface area contributed by atoms with Gasteiger partial charge in [0.15, 0.2) is 0 Å². The van der Waals surface area contributed by atoms with Gasteiger partial charge in [-0.1, -0.05) is 28.1 Å². The van der Waals surface area contributed by atoms with E-state index in [1.807, 2.05) is 29.0 Å². The molecule has 0 aliphatic carbocycles. The quantitative estimate of drug-likeness (QED) is 0.596. The Labute approximate surface area is 89.3 Å². The molecule has 3 heteroatoms. The highest BCUT2D eigenvalue weighted by atomic mass is 79.9. The summed E-state index contributed by atoms with van der Waals surface area (Å²) in [6, 6.07) is 10.3. The second-order valence-corrected chi connectivity index (χ2v) is 4.04. The van der Waals surface area contributed by atoms with E-state index in [2.05, 4.69) is 39.2 Å². The third-order valence-electron chi connectivity index (χ3n) is 2.37. The maximum absolute atomic E-state index is 4.21. The predicted molar refractivity (Wildman–Crippen MR) is 60.4 cm³/mol. The van der Waals surface area contributed by atoms with Crippen LogP contribution in [0.25, 0.3) is 16.3 Å². The van der Waals surface area contributed by atoms with Gasteiger partial charge in [0.05, 0.1) is 11.7 Å². The average Bonchev–Trinajstić information content (AvgIpc) is 2.65. The number of aromatic nitrogens is 2. The molecule has 2 heterocycles. The average molecular weight is 247 g/mol. The fourth-order valence-electron chi connectivity index (χ4n) is 1.73. The number of hydrogen-bond acceptors (Lipinski definition) is 1. The van der Waals surface area contributed by atoms with Gasteiger partial charge in [-0.3, -0.25) is 0 Å². The maximum Gasteiger partial charge on any atom is 0.0751 e. The van der Waals surface area contributed by atoms with Crippen molar-refractivity contribution >= 4 is 32.2 Å². The lowest BCUT2D eigenvalue weighted by Gasteiger charge is -2.02. The topological polar surface area (TPSA) is 17.3 Å². The molecular formula is C11H7BrN2. The molecule has 2 aromatic heterocycles. The fraction of sp³-hybridized carbons (Fsp3) is 0.